The van der Waals surface area contributed by atoms with Crippen LogP contribution in [0.25, 0.3) is 0 Å². The monoisotopic (exact) mass is 407 g/mol. The first-order chi connectivity index (χ1) is 10.3. The Bertz CT molecular complexity index is 529. The van der Waals surface area contributed by atoms with Crippen molar-refractivity contribution in [2.75, 3.05) is 25.0 Å². The number of nitrogens with zero attached hydrogens (tertiary/aromatic N) is 1. The molecule has 0 aromatic heterocycles. The van der Waals surface area contributed by atoms with E-state index in [4.69, 9.17) is 10.2 Å². The fourth-order valence-electron chi connectivity index (χ4n) is 1.91. The molecule has 0 unspecified atom stereocenters. The molecule has 0 heterocycles. The molecule has 0 bridgehead atoms. The summed E-state index contributed by atoms with van der Waals surface area (Å²) in [7, 11) is 0. The van der Waals surface area contributed by atoms with Crippen LogP contribution in [0.1, 0.15) is 25.3 Å². The summed E-state index contributed by atoms with van der Waals surface area (Å²) in [6, 6.07) is 7.30. The average molecular weight is 407 g/mol. The standard InChI is InChI=1S/C15H20N2O5.Tc/c1-10(2)11-3-5-12(6-4-11)16-13(18)7-17(8-14(19)20)9-15(21)22;/h3-6,10H,7-9H2,1-2H3,(H,16,18)(H,19,20)(H,21,22);/i;1+1. The SMILES string of the molecule is CC(C)c1ccc(NC(=O)CN(CC(=O)O)CC(=O)O)cc1.[99Tc]. The zero-order valence-electron chi connectivity index (χ0n) is 13.0. The normalized spacial score (nSPS) is 10.3. The predicted molar refractivity (Wildman–Crippen MR) is 80.9 cm³/mol. The van der Waals surface area contributed by atoms with Gasteiger partial charge in [0.05, 0.1) is 19.6 Å². The minimum Gasteiger partial charge on any atom is -0.480 e. The van der Waals surface area contributed by atoms with Gasteiger partial charge in [0.25, 0.3) is 0 Å². The Kier molecular flexibility index (Phi) is 9.32. The van der Waals surface area contributed by atoms with Gasteiger partial charge in [-0.25, -0.2) is 0 Å². The van der Waals surface area contributed by atoms with Crippen LogP contribution in [0.15, 0.2) is 24.3 Å². The van der Waals surface area contributed by atoms with Crippen molar-refractivity contribution in [1.29, 1.82) is 0 Å². The molecule has 127 valence electrons. The third kappa shape index (κ3) is 8.44. The first-order valence-electron chi connectivity index (χ1n) is 6.83. The summed E-state index contributed by atoms with van der Waals surface area (Å²) >= 11 is 0. The van der Waals surface area contributed by atoms with E-state index in [2.05, 4.69) is 19.2 Å². The van der Waals surface area contributed by atoms with Crippen molar-refractivity contribution in [2.24, 2.45) is 0 Å². The number of hydrogen-bond acceptors (Lipinski definition) is 4. The summed E-state index contributed by atoms with van der Waals surface area (Å²) in [6.07, 6.45) is 0. The molecule has 1 radical (unpaired) electrons. The first kappa shape index (κ1) is 21.2. The van der Waals surface area contributed by atoms with E-state index in [9.17, 15) is 14.4 Å². The fourth-order valence-corrected chi connectivity index (χ4v) is 1.91. The largest absolute Gasteiger partial charge is 0.480 e. The zero-order valence-corrected chi connectivity index (χ0v) is 14.8. The number of hydrogen-bond donors (Lipinski definition) is 3. The van der Waals surface area contributed by atoms with E-state index in [1.165, 1.54) is 0 Å². The second-order valence-corrected chi connectivity index (χ2v) is 5.26. The number of nitrogens with one attached hydrogen (secondary N) is 1. The van der Waals surface area contributed by atoms with E-state index in [1.807, 2.05) is 12.1 Å². The Hall–Kier alpha value is -1.76. The van der Waals surface area contributed by atoms with Crippen molar-refractivity contribution in [2.45, 2.75) is 19.8 Å². The Morgan fingerprint density at radius 1 is 1.00 bits per heavy atom. The average Bonchev–Trinajstić information content (AvgIpc) is 2.37. The minimum absolute atomic E-state index is 0. The van der Waals surface area contributed by atoms with Gasteiger partial charge in [0, 0.05) is 25.8 Å². The molecule has 23 heavy (non-hydrogen) atoms. The third-order valence-electron chi connectivity index (χ3n) is 2.95. The summed E-state index contributed by atoms with van der Waals surface area (Å²) in [5.41, 5.74) is 1.72. The Morgan fingerprint density at radius 3 is 1.87 bits per heavy atom. The van der Waals surface area contributed by atoms with Gasteiger partial charge in [0.2, 0.25) is 5.91 Å². The summed E-state index contributed by atoms with van der Waals surface area (Å²) in [5, 5.41) is 20.0. The molecule has 0 saturated carbocycles. The van der Waals surface area contributed by atoms with E-state index >= 15 is 0 Å². The van der Waals surface area contributed by atoms with Crippen molar-refractivity contribution in [1.82, 2.24) is 4.90 Å². The van der Waals surface area contributed by atoms with Crippen LogP contribution in [-0.2, 0) is 34.5 Å². The van der Waals surface area contributed by atoms with E-state index < -0.39 is 30.9 Å². The van der Waals surface area contributed by atoms with Gasteiger partial charge in [-0.1, -0.05) is 26.0 Å². The quantitative estimate of drug-likeness (QED) is 0.598. The van der Waals surface area contributed by atoms with Crippen LogP contribution in [0.4, 0.5) is 5.69 Å². The number of carboxylic acids is 2. The molecule has 0 atom stereocenters. The molecule has 0 aliphatic rings. The molecule has 3 N–H and O–H groups in total. The van der Waals surface area contributed by atoms with Crippen LogP contribution in [0.2, 0.25) is 0 Å². The molecular formula is C15H20N2O5Tc. The Balaban J connectivity index is 0.00000484. The number of carbonyl (C=O) groups excluding carboxylic acids is 1. The fraction of sp³-hybridized carbons (Fsp3) is 0.400. The number of carboxylic acid groups (broad SMARTS) is 2. The summed E-state index contributed by atoms with van der Waals surface area (Å²) in [5.74, 6) is -2.45. The topological polar surface area (TPSA) is 107 Å². The summed E-state index contributed by atoms with van der Waals surface area (Å²) in [4.78, 5) is 34.2. The number of rotatable bonds is 8. The summed E-state index contributed by atoms with van der Waals surface area (Å²) in [6.45, 7) is 2.80. The van der Waals surface area contributed by atoms with E-state index in [1.54, 1.807) is 12.1 Å². The molecule has 0 saturated heterocycles. The van der Waals surface area contributed by atoms with Gasteiger partial charge in [0.15, 0.2) is 0 Å². The minimum atomic E-state index is -1.18. The first-order valence-corrected chi connectivity index (χ1v) is 6.83. The number of benzene rings is 1. The molecule has 0 aliphatic carbocycles. The van der Waals surface area contributed by atoms with Crippen molar-refractivity contribution in [3.63, 3.8) is 0 Å². The molecule has 7 nitrogen and oxygen atoms in total. The molecule has 1 amide bonds. The summed E-state index contributed by atoms with van der Waals surface area (Å²) < 4.78 is 0. The van der Waals surface area contributed by atoms with Crippen molar-refractivity contribution >= 4 is 23.5 Å². The van der Waals surface area contributed by atoms with Crippen molar-refractivity contribution in [3.05, 3.63) is 29.8 Å². The molecular weight excluding hydrogens is 387 g/mol. The van der Waals surface area contributed by atoms with Gasteiger partial charge in [-0.15, -0.1) is 0 Å². The second-order valence-electron chi connectivity index (χ2n) is 5.26. The smallest absolute Gasteiger partial charge is 0.317 e. The Labute approximate surface area is 148 Å². The van der Waals surface area contributed by atoms with Gasteiger partial charge in [0.1, 0.15) is 0 Å². The van der Waals surface area contributed by atoms with Gasteiger partial charge in [-0.3, -0.25) is 19.3 Å². The zero-order chi connectivity index (χ0) is 16.7. The van der Waals surface area contributed by atoms with Gasteiger partial charge in [-0.05, 0) is 23.6 Å². The van der Waals surface area contributed by atoms with Crippen LogP contribution in [0.3, 0.4) is 0 Å². The molecule has 0 fully saturated rings. The molecule has 0 aliphatic heterocycles. The molecule has 1 aromatic carbocycles. The van der Waals surface area contributed by atoms with Gasteiger partial charge < -0.3 is 15.5 Å². The van der Waals surface area contributed by atoms with Gasteiger partial charge >= 0.3 is 11.9 Å². The van der Waals surface area contributed by atoms with E-state index in [0.29, 0.717) is 11.6 Å². The second kappa shape index (κ2) is 10.1. The van der Waals surface area contributed by atoms with Crippen LogP contribution < -0.4 is 5.32 Å². The van der Waals surface area contributed by atoms with Crippen LogP contribution in [-0.4, -0.2) is 52.6 Å². The van der Waals surface area contributed by atoms with E-state index in [0.717, 1.165) is 10.5 Å². The maximum absolute atomic E-state index is 11.9. The predicted octanol–water partition coefficient (Wildman–Crippen LogP) is 1.22. The van der Waals surface area contributed by atoms with E-state index in [-0.39, 0.29) is 26.7 Å². The third-order valence-corrected chi connectivity index (χ3v) is 2.95. The molecule has 1 aromatic rings. The number of amides is 1. The van der Waals surface area contributed by atoms with Crippen LogP contribution in [0.5, 0.6) is 0 Å². The maximum atomic E-state index is 11.9. The van der Waals surface area contributed by atoms with Crippen LogP contribution >= 0.6 is 0 Å². The number of carbonyl (C=O) groups is 3. The number of anilines is 1. The molecule has 8 heteroatoms. The Morgan fingerprint density at radius 2 is 1.48 bits per heavy atom. The van der Waals surface area contributed by atoms with Crippen LogP contribution in [0, 0.1) is 0 Å². The van der Waals surface area contributed by atoms with Crippen molar-refractivity contribution in [3.8, 4) is 0 Å². The van der Waals surface area contributed by atoms with Gasteiger partial charge in [-0.2, -0.15) is 0 Å². The maximum Gasteiger partial charge on any atom is 0.317 e. The number of aliphatic carboxylic acids is 2. The molecule has 0 spiro atoms. The van der Waals surface area contributed by atoms with Crippen molar-refractivity contribution < 1.29 is 44.7 Å². The molecule has 1 rings (SSSR count).